The molecular weight excluding hydrogens is 359 g/mol. The number of fused-ring (bicyclic) bond motifs is 2. The van der Waals surface area contributed by atoms with E-state index in [9.17, 15) is 0 Å². The highest BCUT2D eigenvalue weighted by Gasteiger charge is 2.51. The summed E-state index contributed by atoms with van der Waals surface area (Å²) in [5.41, 5.74) is 0. The highest BCUT2D eigenvalue weighted by molar-refractivity contribution is 8.77. The molecule has 1 heterocycles. The average molecular weight is 391 g/mol. The van der Waals surface area contributed by atoms with Crippen LogP contribution in [0, 0.1) is 6.57 Å². The molecule has 7 heteroatoms. The molecule has 0 N–H and O–H groups in total. The van der Waals surface area contributed by atoms with Crippen LogP contribution in [0.3, 0.4) is 0 Å². The van der Waals surface area contributed by atoms with Crippen molar-refractivity contribution in [2.75, 3.05) is 13.2 Å². The van der Waals surface area contributed by atoms with Crippen LogP contribution < -0.4 is 0 Å². The molecule has 0 aromatic carbocycles. The molecule has 4 nitrogen and oxygen atoms in total. The summed E-state index contributed by atoms with van der Waals surface area (Å²) in [6.45, 7) is 19.0. The van der Waals surface area contributed by atoms with Crippen LogP contribution in [0.2, 0.25) is 0 Å². The van der Waals surface area contributed by atoms with Crippen LogP contribution in [0.1, 0.15) is 60.3 Å². The van der Waals surface area contributed by atoms with E-state index in [1.807, 2.05) is 21.6 Å². The van der Waals surface area contributed by atoms with Gasteiger partial charge in [-0.15, -0.1) is 0 Å². The minimum Gasteiger partial charge on any atom is -0.316 e. The Labute approximate surface area is 157 Å². The van der Waals surface area contributed by atoms with Gasteiger partial charge in [-0.25, -0.2) is 11.2 Å². The minimum absolute atomic E-state index is 0.190. The molecule has 0 spiro atoms. The van der Waals surface area contributed by atoms with Gasteiger partial charge in [0, 0.05) is 17.3 Å². The predicted octanol–water partition coefficient (Wildman–Crippen LogP) is 5.75. The fourth-order valence-corrected chi connectivity index (χ4v) is 9.30. The van der Waals surface area contributed by atoms with Crippen molar-refractivity contribution in [2.24, 2.45) is 0 Å². The van der Waals surface area contributed by atoms with Crippen molar-refractivity contribution in [3.8, 4) is 0 Å². The van der Waals surface area contributed by atoms with E-state index in [2.05, 4.69) is 44.1 Å². The first-order chi connectivity index (χ1) is 11.4. The molecular formula is C17H31N2O2PS2. The van der Waals surface area contributed by atoms with Crippen LogP contribution in [0.5, 0.6) is 0 Å². The number of rotatable bonds is 8. The van der Waals surface area contributed by atoms with Gasteiger partial charge in [-0.1, -0.05) is 34.4 Å². The molecule has 2 bridgehead atoms. The van der Waals surface area contributed by atoms with Crippen LogP contribution in [0.15, 0.2) is 0 Å². The topological polar surface area (TPSA) is 26.1 Å². The zero-order valence-corrected chi connectivity index (χ0v) is 18.1. The predicted molar refractivity (Wildman–Crippen MR) is 107 cm³/mol. The Balaban J connectivity index is 2.15. The Hall–Kier alpha value is 0.500. The first-order valence-corrected chi connectivity index (χ1v) is 12.3. The van der Waals surface area contributed by atoms with Crippen molar-refractivity contribution >= 4 is 30.1 Å². The van der Waals surface area contributed by atoms with Crippen LogP contribution in [0.25, 0.3) is 4.85 Å². The Morgan fingerprint density at radius 2 is 2.00 bits per heavy atom. The zero-order chi connectivity index (χ0) is 17.7. The second-order valence-corrected chi connectivity index (χ2v) is 11.7. The summed E-state index contributed by atoms with van der Waals surface area (Å²) < 4.78 is 15.4. The summed E-state index contributed by atoms with van der Waals surface area (Å²) in [7, 11) is 2.90. The molecule has 0 amide bonds. The third-order valence-corrected chi connectivity index (χ3v) is 10.5. The van der Waals surface area contributed by atoms with Gasteiger partial charge in [0.1, 0.15) is 6.61 Å². The van der Waals surface area contributed by atoms with E-state index >= 15 is 0 Å². The van der Waals surface area contributed by atoms with E-state index in [0.717, 1.165) is 0 Å². The molecule has 1 saturated carbocycles. The fourth-order valence-electron chi connectivity index (χ4n) is 3.43. The Morgan fingerprint density at radius 1 is 1.29 bits per heavy atom. The van der Waals surface area contributed by atoms with Gasteiger partial charge in [-0.2, -0.15) is 0 Å². The van der Waals surface area contributed by atoms with Gasteiger partial charge in [0.2, 0.25) is 6.54 Å². The van der Waals surface area contributed by atoms with Gasteiger partial charge < -0.3 is 13.9 Å². The molecule has 4 unspecified atom stereocenters. The maximum atomic E-state index is 7.00. The number of hydrogen-bond acceptors (Lipinski definition) is 5. The van der Waals surface area contributed by atoms with E-state index in [1.165, 1.54) is 25.7 Å². The van der Waals surface area contributed by atoms with Crippen molar-refractivity contribution in [1.29, 1.82) is 0 Å². The van der Waals surface area contributed by atoms with Gasteiger partial charge in [0.25, 0.3) is 8.53 Å². The van der Waals surface area contributed by atoms with Crippen LogP contribution >= 0.6 is 30.1 Å². The molecule has 0 aromatic rings. The molecule has 2 fully saturated rings. The van der Waals surface area contributed by atoms with Crippen molar-refractivity contribution in [3.05, 3.63) is 11.4 Å². The number of hydrogen-bond donors (Lipinski definition) is 0. The van der Waals surface area contributed by atoms with Crippen molar-refractivity contribution in [2.45, 2.75) is 88.5 Å². The van der Waals surface area contributed by atoms with E-state index < -0.39 is 8.53 Å². The molecule has 1 aliphatic heterocycles. The van der Waals surface area contributed by atoms with Crippen molar-refractivity contribution in [1.82, 2.24) is 4.67 Å². The van der Waals surface area contributed by atoms with E-state index in [0.29, 0.717) is 30.5 Å². The second-order valence-electron chi connectivity index (χ2n) is 7.32. The van der Waals surface area contributed by atoms with Crippen LogP contribution in [0.4, 0.5) is 0 Å². The van der Waals surface area contributed by atoms with Crippen molar-refractivity contribution < 1.29 is 9.05 Å². The van der Waals surface area contributed by atoms with Crippen LogP contribution in [-0.4, -0.2) is 46.0 Å². The zero-order valence-electron chi connectivity index (χ0n) is 15.5. The maximum Gasteiger partial charge on any atom is 0.259 e. The molecule has 24 heavy (non-hydrogen) atoms. The summed E-state index contributed by atoms with van der Waals surface area (Å²) in [6.07, 6.45) is 5.32. The molecule has 1 saturated heterocycles. The molecule has 0 radical (unpaired) electrons. The third-order valence-electron chi connectivity index (χ3n) is 4.57. The smallest absolute Gasteiger partial charge is 0.259 e. The van der Waals surface area contributed by atoms with Crippen LogP contribution in [-0.2, 0) is 9.05 Å². The highest BCUT2D eigenvalue weighted by Crippen LogP contribution is 2.61. The first kappa shape index (κ1) is 20.8. The SMILES string of the molecule is [C-]#[N+]CCOP(OC1C2CCCCC1(C)SS2)N(C(C)C)C(C)C. The lowest BCUT2D eigenvalue weighted by Crippen LogP contribution is -2.41. The monoisotopic (exact) mass is 390 g/mol. The summed E-state index contributed by atoms with van der Waals surface area (Å²) in [6, 6.07) is 0.723. The van der Waals surface area contributed by atoms with Crippen molar-refractivity contribution in [3.63, 3.8) is 0 Å². The molecule has 4 atom stereocenters. The molecule has 2 aliphatic rings. The Kier molecular flexibility index (Phi) is 8.18. The van der Waals surface area contributed by atoms with Gasteiger partial charge in [-0.05, 0) is 47.5 Å². The minimum atomic E-state index is -1.13. The standard InChI is InChI=1S/C17H31N2O2PS2/c1-13(2)19(14(3)4)22(20-12-11-18-6)21-16-15-9-7-8-10-17(16,5)24-23-15/h13-16H,7-12H2,1-5H3. The average Bonchev–Trinajstić information content (AvgIpc) is 2.69. The van der Waals surface area contributed by atoms with E-state index in [1.54, 1.807) is 0 Å². The maximum absolute atomic E-state index is 7.00. The molecule has 138 valence electrons. The first-order valence-electron chi connectivity index (χ1n) is 8.95. The fraction of sp³-hybridized carbons (Fsp3) is 0.941. The lowest BCUT2D eigenvalue weighted by molar-refractivity contribution is 0.112. The molecule has 0 aromatic heterocycles. The molecule has 1 aliphatic carbocycles. The lowest BCUT2D eigenvalue weighted by Gasteiger charge is -2.39. The summed E-state index contributed by atoms with van der Waals surface area (Å²) in [4.78, 5) is 3.43. The largest absolute Gasteiger partial charge is 0.316 e. The van der Waals surface area contributed by atoms with E-state index in [-0.39, 0.29) is 10.9 Å². The summed E-state index contributed by atoms with van der Waals surface area (Å²) >= 11 is 0. The lowest BCUT2D eigenvalue weighted by atomic mass is 9.98. The normalized spacial score (nSPS) is 31.5. The van der Waals surface area contributed by atoms with Gasteiger partial charge in [-0.3, -0.25) is 0 Å². The second kappa shape index (κ2) is 9.44. The Bertz CT molecular complexity index is 437. The Morgan fingerprint density at radius 3 is 2.62 bits per heavy atom. The summed E-state index contributed by atoms with van der Waals surface area (Å²) in [5, 5.41) is 0.568. The molecule has 2 rings (SSSR count). The third kappa shape index (κ3) is 5.02. The number of nitrogens with zero attached hydrogens (tertiary/aromatic N) is 2. The quantitative estimate of drug-likeness (QED) is 0.228. The highest BCUT2D eigenvalue weighted by atomic mass is 33.1. The summed E-state index contributed by atoms with van der Waals surface area (Å²) in [5.74, 6) is 0. The van der Waals surface area contributed by atoms with Gasteiger partial charge in [0.05, 0.1) is 10.9 Å². The van der Waals surface area contributed by atoms with Gasteiger partial charge >= 0.3 is 0 Å². The van der Waals surface area contributed by atoms with E-state index in [4.69, 9.17) is 15.6 Å². The van der Waals surface area contributed by atoms with Gasteiger partial charge in [0.15, 0.2) is 0 Å².